The minimum atomic E-state index is -0.448. The molecular weight excluding hydrogens is 416 g/mol. The highest BCUT2D eigenvalue weighted by Crippen LogP contribution is 2.39. The topological polar surface area (TPSA) is 99.2 Å². The number of fused-ring (bicyclic) bond motifs is 1. The van der Waals surface area contributed by atoms with Gasteiger partial charge in [-0.3, -0.25) is 9.48 Å². The molecule has 8 nitrogen and oxygen atoms in total. The number of hydrogen-bond donors (Lipinski definition) is 1. The van der Waals surface area contributed by atoms with E-state index in [0.29, 0.717) is 16.3 Å². The van der Waals surface area contributed by atoms with Crippen molar-refractivity contribution in [1.29, 1.82) is 0 Å². The number of carbonyl (C=O) groups excluding carboxylic acids is 2. The van der Waals surface area contributed by atoms with E-state index in [1.54, 1.807) is 16.9 Å². The van der Waals surface area contributed by atoms with E-state index >= 15 is 0 Å². The van der Waals surface area contributed by atoms with E-state index in [9.17, 15) is 9.59 Å². The molecule has 0 aliphatic heterocycles. The first-order valence-corrected chi connectivity index (χ1v) is 11.3. The Kier molecular flexibility index (Phi) is 5.95. The van der Waals surface area contributed by atoms with E-state index in [1.807, 2.05) is 27.8 Å². The summed E-state index contributed by atoms with van der Waals surface area (Å²) in [5.74, 6) is -0.754. The number of nitrogens with one attached hydrogen (secondary N) is 1. The van der Waals surface area contributed by atoms with E-state index in [4.69, 9.17) is 9.26 Å². The van der Waals surface area contributed by atoms with Crippen molar-refractivity contribution in [3.8, 4) is 11.3 Å². The molecule has 1 amide bonds. The number of ether oxygens (including phenoxy) is 1. The summed E-state index contributed by atoms with van der Waals surface area (Å²) >= 11 is 1.45. The lowest BCUT2D eigenvalue weighted by Crippen LogP contribution is -2.18. The van der Waals surface area contributed by atoms with Gasteiger partial charge in [-0.2, -0.15) is 5.10 Å². The first kappa shape index (κ1) is 21.3. The van der Waals surface area contributed by atoms with Gasteiger partial charge in [0.2, 0.25) is 5.76 Å². The van der Waals surface area contributed by atoms with Crippen molar-refractivity contribution in [2.75, 3.05) is 5.32 Å². The molecule has 0 saturated carbocycles. The van der Waals surface area contributed by atoms with Crippen LogP contribution in [0.15, 0.2) is 16.8 Å². The van der Waals surface area contributed by atoms with E-state index in [-0.39, 0.29) is 17.8 Å². The van der Waals surface area contributed by atoms with Crippen LogP contribution in [-0.4, -0.2) is 32.9 Å². The van der Waals surface area contributed by atoms with Crippen LogP contribution >= 0.6 is 11.3 Å². The van der Waals surface area contributed by atoms with Gasteiger partial charge in [-0.1, -0.05) is 12.1 Å². The van der Waals surface area contributed by atoms with Crippen LogP contribution < -0.4 is 5.32 Å². The number of esters is 1. The molecule has 4 rings (SSSR count). The predicted octanol–water partition coefficient (Wildman–Crippen LogP) is 4.53. The van der Waals surface area contributed by atoms with Gasteiger partial charge in [0.1, 0.15) is 10.7 Å². The lowest BCUT2D eigenvalue weighted by molar-refractivity contribution is 0.0335. The number of rotatable bonds is 6. The molecule has 0 radical (unpaired) electrons. The molecule has 1 atom stereocenters. The van der Waals surface area contributed by atoms with Gasteiger partial charge in [0.15, 0.2) is 0 Å². The monoisotopic (exact) mass is 442 g/mol. The zero-order valence-electron chi connectivity index (χ0n) is 18.2. The summed E-state index contributed by atoms with van der Waals surface area (Å²) in [4.78, 5) is 26.9. The van der Waals surface area contributed by atoms with Crippen molar-refractivity contribution in [3.05, 3.63) is 39.7 Å². The van der Waals surface area contributed by atoms with E-state index in [1.165, 1.54) is 11.3 Å². The fourth-order valence-corrected chi connectivity index (χ4v) is 4.89. The van der Waals surface area contributed by atoms with Crippen LogP contribution in [0.4, 0.5) is 5.00 Å². The smallest absolute Gasteiger partial charge is 0.341 e. The molecule has 0 aromatic carbocycles. The Morgan fingerprint density at radius 2 is 2.13 bits per heavy atom. The molecular formula is C22H26N4O4S. The van der Waals surface area contributed by atoms with Gasteiger partial charge in [0.05, 0.1) is 17.9 Å². The van der Waals surface area contributed by atoms with Gasteiger partial charge < -0.3 is 14.6 Å². The minimum Gasteiger partial charge on any atom is -0.459 e. The Hall–Kier alpha value is -2.94. The highest BCUT2D eigenvalue weighted by molar-refractivity contribution is 7.17. The fraction of sp³-hybridized carbons (Fsp3) is 0.455. The van der Waals surface area contributed by atoms with Crippen LogP contribution in [0.2, 0.25) is 0 Å². The van der Waals surface area contributed by atoms with Crippen LogP contribution in [0.25, 0.3) is 11.3 Å². The number of nitrogens with zero attached hydrogens (tertiary/aromatic N) is 3. The average Bonchev–Trinajstić information content (AvgIpc) is 3.45. The van der Waals surface area contributed by atoms with Crippen molar-refractivity contribution in [1.82, 2.24) is 14.9 Å². The van der Waals surface area contributed by atoms with Crippen LogP contribution in [0.3, 0.4) is 0 Å². The molecule has 0 spiro atoms. The van der Waals surface area contributed by atoms with Gasteiger partial charge in [-0.15, -0.1) is 11.3 Å². The van der Waals surface area contributed by atoms with Crippen molar-refractivity contribution >= 4 is 28.2 Å². The van der Waals surface area contributed by atoms with Crippen molar-refractivity contribution in [2.24, 2.45) is 7.05 Å². The Morgan fingerprint density at radius 3 is 2.84 bits per heavy atom. The molecule has 3 heterocycles. The number of aryl methyl sites for hydroxylation is 2. The molecule has 1 unspecified atom stereocenters. The van der Waals surface area contributed by atoms with Gasteiger partial charge in [-0.25, -0.2) is 4.79 Å². The number of amides is 1. The molecule has 3 aromatic heterocycles. The summed E-state index contributed by atoms with van der Waals surface area (Å²) in [5, 5.41) is 11.6. The molecule has 1 aliphatic carbocycles. The van der Waals surface area contributed by atoms with Gasteiger partial charge in [-0.05, 0) is 51.5 Å². The second-order valence-corrected chi connectivity index (χ2v) is 8.94. The maximum absolute atomic E-state index is 12.9. The molecule has 164 valence electrons. The quantitative estimate of drug-likeness (QED) is 0.563. The number of anilines is 1. The highest BCUT2D eigenvalue weighted by atomic mass is 32.1. The SMILES string of the molecule is CCC(C)OC(=O)c1c(NC(=O)c2cc(-c3cnn(C)c3C)no2)sc2c1CCCC2. The normalized spacial score (nSPS) is 14.2. The summed E-state index contributed by atoms with van der Waals surface area (Å²) in [6.45, 7) is 5.75. The Bertz CT molecular complexity index is 1130. The zero-order chi connectivity index (χ0) is 22.1. The molecule has 1 N–H and O–H groups in total. The number of carbonyl (C=O) groups is 2. The molecule has 1 aliphatic rings. The first-order valence-electron chi connectivity index (χ1n) is 10.5. The maximum Gasteiger partial charge on any atom is 0.341 e. The first-order chi connectivity index (χ1) is 14.9. The molecule has 0 fully saturated rings. The van der Waals surface area contributed by atoms with Gasteiger partial charge >= 0.3 is 5.97 Å². The summed E-state index contributed by atoms with van der Waals surface area (Å²) < 4.78 is 12.6. The number of thiophene rings is 1. The lowest BCUT2D eigenvalue weighted by Gasteiger charge is -2.15. The Labute approximate surface area is 184 Å². The van der Waals surface area contributed by atoms with E-state index < -0.39 is 5.91 Å². The van der Waals surface area contributed by atoms with E-state index in [0.717, 1.165) is 53.8 Å². The zero-order valence-corrected chi connectivity index (χ0v) is 19.0. The fourth-order valence-electron chi connectivity index (χ4n) is 3.62. The molecule has 3 aromatic rings. The van der Waals surface area contributed by atoms with Crippen molar-refractivity contribution < 1.29 is 18.8 Å². The third-order valence-corrected chi connectivity index (χ3v) is 6.94. The average molecular weight is 443 g/mol. The molecule has 0 bridgehead atoms. The lowest BCUT2D eigenvalue weighted by atomic mass is 9.95. The maximum atomic E-state index is 12.9. The molecule has 0 saturated heterocycles. The highest BCUT2D eigenvalue weighted by Gasteiger charge is 2.29. The third kappa shape index (κ3) is 4.14. The van der Waals surface area contributed by atoms with E-state index in [2.05, 4.69) is 15.6 Å². The van der Waals surface area contributed by atoms with Crippen LogP contribution in [0.5, 0.6) is 0 Å². The number of aromatic nitrogens is 3. The Morgan fingerprint density at radius 1 is 1.35 bits per heavy atom. The second-order valence-electron chi connectivity index (χ2n) is 7.84. The van der Waals surface area contributed by atoms with Gasteiger partial charge in [0, 0.05) is 29.2 Å². The van der Waals surface area contributed by atoms with Crippen molar-refractivity contribution in [2.45, 2.75) is 59.0 Å². The second kappa shape index (κ2) is 8.66. The van der Waals surface area contributed by atoms with Crippen LogP contribution in [0, 0.1) is 6.92 Å². The summed E-state index contributed by atoms with van der Waals surface area (Å²) in [5.41, 5.74) is 3.74. The summed E-state index contributed by atoms with van der Waals surface area (Å²) in [6.07, 6.45) is 6.06. The summed E-state index contributed by atoms with van der Waals surface area (Å²) in [7, 11) is 1.84. The third-order valence-electron chi connectivity index (χ3n) is 5.73. The van der Waals surface area contributed by atoms with Crippen molar-refractivity contribution in [3.63, 3.8) is 0 Å². The predicted molar refractivity (Wildman–Crippen MR) is 118 cm³/mol. The number of hydrogen-bond acceptors (Lipinski definition) is 7. The Balaban J connectivity index is 1.60. The van der Waals surface area contributed by atoms with Crippen LogP contribution in [-0.2, 0) is 24.6 Å². The molecule has 31 heavy (non-hydrogen) atoms. The summed E-state index contributed by atoms with van der Waals surface area (Å²) in [6, 6.07) is 1.59. The standard InChI is InChI=1S/C22H26N4O4S/c1-5-12(2)29-22(28)19-14-8-6-7-9-18(14)31-21(19)24-20(27)17-10-16(25-30-17)15-11-23-26(4)13(15)3/h10-12H,5-9H2,1-4H3,(H,24,27). The van der Waals surface area contributed by atoms with Crippen LogP contribution in [0.1, 0.15) is 70.2 Å². The van der Waals surface area contributed by atoms with Gasteiger partial charge in [0.25, 0.3) is 5.91 Å². The molecule has 9 heteroatoms. The largest absolute Gasteiger partial charge is 0.459 e. The minimum absolute atomic E-state index is 0.0749.